The van der Waals surface area contributed by atoms with Crippen LogP contribution in [-0.4, -0.2) is 42.8 Å². The van der Waals surface area contributed by atoms with Gasteiger partial charge < -0.3 is 14.2 Å². The van der Waals surface area contributed by atoms with Gasteiger partial charge in [-0.1, -0.05) is 41.9 Å². The number of halogens is 2. The first-order valence-corrected chi connectivity index (χ1v) is 13.4. The Balaban J connectivity index is 1.61. The summed E-state index contributed by atoms with van der Waals surface area (Å²) in [6.45, 7) is 3.40. The predicted molar refractivity (Wildman–Crippen MR) is 151 cm³/mol. The Morgan fingerprint density at radius 3 is 2.63 bits per heavy atom. The van der Waals surface area contributed by atoms with E-state index < -0.39 is 0 Å². The van der Waals surface area contributed by atoms with Crippen molar-refractivity contribution in [3.63, 3.8) is 0 Å². The fourth-order valence-corrected chi connectivity index (χ4v) is 5.07. The largest absolute Gasteiger partial charge is 0.490 e. The van der Waals surface area contributed by atoms with Crippen LogP contribution in [0.4, 0.5) is 10.1 Å². The van der Waals surface area contributed by atoms with E-state index in [2.05, 4.69) is 0 Å². The van der Waals surface area contributed by atoms with Gasteiger partial charge in [0.15, 0.2) is 16.7 Å². The van der Waals surface area contributed by atoms with Crippen LogP contribution in [0.25, 0.3) is 6.08 Å². The number of nitrogens with zero attached hydrogens (tertiary/aromatic N) is 2. The minimum Gasteiger partial charge on any atom is -0.490 e. The molecule has 0 aliphatic carbocycles. The van der Waals surface area contributed by atoms with E-state index in [-0.39, 0.29) is 18.3 Å². The van der Waals surface area contributed by atoms with Crippen LogP contribution >= 0.6 is 23.4 Å². The van der Waals surface area contributed by atoms with E-state index in [4.69, 9.17) is 30.8 Å². The molecule has 0 unspecified atom stereocenters. The Hall–Kier alpha value is -3.33. The SMILES string of the molecule is CCOc1cc(/C=C2\SC(=Nc3ccccc3)N(CCCOC)C2=O)cc(Cl)c1OCc1cccc(F)c1. The highest BCUT2D eigenvalue weighted by Crippen LogP contribution is 2.40. The van der Waals surface area contributed by atoms with Crippen LogP contribution in [0.2, 0.25) is 5.02 Å². The van der Waals surface area contributed by atoms with Crippen LogP contribution in [0.3, 0.4) is 0 Å². The van der Waals surface area contributed by atoms with Gasteiger partial charge in [-0.25, -0.2) is 9.38 Å². The summed E-state index contributed by atoms with van der Waals surface area (Å²) in [6, 6.07) is 19.2. The molecule has 1 amide bonds. The molecule has 0 bridgehead atoms. The zero-order chi connectivity index (χ0) is 26.9. The number of amidine groups is 1. The van der Waals surface area contributed by atoms with Crippen LogP contribution in [0, 0.1) is 5.82 Å². The Bertz CT molecular complexity index is 1330. The highest BCUT2D eigenvalue weighted by molar-refractivity contribution is 8.18. The number of benzene rings is 3. The quantitative estimate of drug-likeness (QED) is 0.187. The topological polar surface area (TPSA) is 60.4 Å². The lowest BCUT2D eigenvalue weighted by atomic mass is 10.1. The fourth-order valence-electron chi connectivity index (χ4n) is 3.78. The first-order chi connectivity index (χ1) is 18.5. The Morgan fingerprint density at radius 1 is 1.08 bits per heavy atom. The van der Waals surface area contributed by atoms with Crippen LogP contribution in [0.15, 0.2) is 76.6 Å². The van der Waals surface area contributed by atoms with Crippen molar-refractivity contribution in [2.45, 2.75) is 20.0 Å². The van der Waals surface area contributed by atoms with E-state index in [0.29, 0.717) is 63.9 Å². The molecule has 38 heavy (non-hydrogen) atoms. The average Bonchev–Trinajstić information content (AvgIpc) is 3.18. The Morgan fingerprint density at radius 2 is 1.89 bits per heavy atom. The molecule has 1 aliphatic heterocycles. The second-order valence-corrected chi connectivity index (χ2v) is 9.74. The third kappa shape index (κ3) is 7.16. The molecule has 1 heterocycles. The monoisotopic (exact) mass is 554 g/mol. The molecule has 0 aromatic heterocycles. The third-order valence-corrected chi connectivity index (χ3v) is 6.79. The lowest BCUT2D eigenvalue weighted by Crippen LogP contribution is -2.30. The van der Waals surface area contributed by atoms with Gasteiger partial charge >= 0.3 is 0 Å². The van der Waals surface area contributed by atoms with Gasteiger partial charge in [0.2, 0.25) is 0 Å². The molecular formula is C29H28ClFN2O4S. The summed E-state index contributed by atoms with van der Waals surface area (Å²) in [4.78, 5) is 20.2. The van der Waals surface area contributed by atoms with Crippen LogP contribution in [0.5, 0.6) is 11.5 Å². The molecule has 198 valence electrons. The lowest BCUT2D eigenvalue weighted by Gasteiger charge is -2.15. The molecule has 9 heteroatoms. The minimum absolute atomic E-state index is 0.127. The maximum Gasteiger partial charge on any atom is 0.266 e. The predicted octanol–water partition coefficient (Wildman–Crippen LogP) is 7.10. The number of hydrogen-bond donors (Lipinski definition) is 0. The lowest BCUT2D eigenvalue weighted by molar-refractivity contribution is -0.122. The van der Waals surface area contributed by atoms with Gasteiger partial charge in [-0.2, -0.15) is 0 Å². The van der Waals surface area contributed by atoms with E-state index in [1.54, 1.807) is 42.4 Å². The summed E-state index contributed by atoms with van der Waals surface area (Å²) in [7, 11) is 1.63. The second-order valence-electron chi connectivity index (χ2n) is 8.33. The molecule has 3 aromatic rings. The van der Waals surface area contributed by atoms with Crippen molar-refractivity contribution in [1.82, 2.24) is 4.90 Å². The van der Waals surface area contributed by atoms with Gasteiger partial charge in [-0.05, 0) is 78.7 Å². The average molecular weight is 555 g/mol. The number of para-hydroxylation sites is 1. The maximum absolute atomic E-state index is 13.6. The number of ether oxygens (including phenoxy) is 3. The molecule has 0 spiro atoms. The molecular weight excluding hydrogens is 527 g/mol. The van der Waals surface area contributed by atoms with Crippen molar-refractivity contribution in [1.29, 1.82) is 0 Å². The molecule has 0 atom stereocenters. The van der Waals surface area contributed by atoms with E-state index in [0.717, 1.165) is 5.69 Å². The summed E-state index contributed by atoms with van der Waals surface area (Å²) >= 11 is 7.90. The summed E-state index contributed by atoms with van der Waals surface area (Å²) in [5, 5.41) is 0.930. The summed E-state index contributed by atoms with van der Waals surface area (Å²) < 4.78 is 30.4. The first-order valence-electron chi connectivity index (χ1n) is 12.2. The molecule has 1 aliphatic rings. The molecule has 0 saturated carbocycles. The molecule has 0 N–H and O–H groups in total. The number of amides is 1. The summed E-state index contributed by atoms with van der Waals surface area (Å²) in [5.74, 6) is 0.322. The standard InChI is InChI=1S/C29H28ClFN2O4S/c1-3-36-25-17-21(16-24(30)27(25)37-19-20-9-7-10-22(31)15-20)18-26-28(34)33(13-8-14-35-2)29(38-26)32-23-11-5-4-6-12-23/h4-7,9-12,15-18H,3,8,13-14,19H2,1-2H3/b26-18-,32-29?. The smallest absolute Gasteiger partial charge is 0.266 e. The Labute approximate surface area is 231 Å². The number of methoxy groups -OCH3 is 1. The maximum atomic E-state index is 13.6. The van der Waals surface area contributed by atoms with E-state index in [1.165, 1.54) is 23.9 Å². The zero-order valence-corrected chi connectivity index (χ0v) is 22.7. The normalized spacial score (nSPS) is 15.5. The highest BCUT2D eigenvalue weighted by atomic mass is 35.5. The van der Waals surface area contributed by atoms with Gasteiger partial charge in [-0.15, -0.1) is 0 Å². The van der Waals surface area contributed by atoms with Crippen molar-refractivity contribution in [3.8, 4) is 11.5 Å². The van der Waals surface area contributed by atoms with Crippen molar-refractivity contribution in [2.24, 2.45) is 4.99 Å². The van der Waals surface area contributed by atoms with Crippen molar-refractivity contribution < 1.29 is 23.4 Å². The van der Waals surface area contributed by atoms with Crippen LogP contribution in [0.1, 0.15) is 24.5 Å². The fraction of sp³-hybridized carbons (Fsp3) is 0.241. The van der Waals surface area contributed by atoms with E-state index >= 15 is 0 Å². The molecule has 1 fully saturated rings. The number of carbonyl (C=O) groups excluding carboxylic acids is 1. The third-order valence-electron chi connectivity index (χ3n) is 5.50. The molecule has 0 radical (unpaired) electrons. The molecule has 1 saturated heterocycles. The highest BCUT2D eigenvalue weighted by Gasteiger charge is 2.33. The summed E-state index contributed by atoms with van der Waals surface area (Å²) in [5.41, 5.74) is 2.12. The second kappa shape index (κ2) is 13.5. The summed E-state index contributed by atoms with van der Waals surface area (Å²) in [6.07, 6.45) is 2.45. The number of rotatable bonds is 11. The van der Waals surface area contributed by atoms with Crippen molar-refractivity contribution in [2.75, 3.05) is 26.9 Å². The van der Waals surface area contributed by atoms with E-state index in [9.17, 15) is 9.18 Å². The number of aliphatic imine (C=N–C) groups is 1. The van der Waals surface area contributed by atoms with Crippen LogP contribution in [-0.2, 0) is 16.1 Å². The van der Waals surface area contributed by atoms with Gasteiger partial charge in [0.1, 0.15) is 12.4 Å². The number of carbonyl (C=O) groups is 1. The van der Waals surface area contributed by atoms with Gasteiger partial charge in [0.25, 0.3) is 5.91 Å². The molecule has 4 rings (SSSR count). The molecule has 6 nitrogen and oxygen atoms in total. The number of thioether (sulfide) groups is 1. The Kier molecular flexibility index (Phi) is 9.81. The van der Waals surface area contributed by atoms with E-state index in [1.807, 2.05) is 37.3 Å². The van der Waals surface area contributed by atoms with Gasteiger partial charge in [-0.3, -0.25) is 9.69 Å². The van der Waals surface area contributed by atoms with Crippen LogP contribution < -0.4 is 9.47 Å². The van der Waals surface area contributed by atoms with Gasteiger partial charge in [0, 0.05) is 20.3 Å². The minimum atomic E-state index is -0.339. The number of hydrogen-bond acceptors (Lipinski definition) is 6. The van der Waals surface area contributed by atoms with Crippen molar-refractivity contribution in [3.05, 3.63) is 93.6 Å². The van der Waals surface area contributed by atoms with Crippen molar-refractivity contribution >= 4 is 46.2 Å². The zero-order valence-electron chi connectivity index (χ0n) is 21.2. The molecule has 3 aromatic carbocycles. The first kappa shape index (κ1) is 27.7. The van der Waals surface area contributed by atoms with Gasteiger partial charge in [0.05, 0.1) is 22.2 Å².